The molecule has 1 atom stereocenters. The Morgan fingerprint density at radius 1 is 1.35 bits per heavy atom. The maximum Gasteiger partial charge on any atom is 0.171 e. The van der Waals surface area contributed by atoms with Crippen molar-refractivity contribution in [1.29, 1.82) is 0 Å². The van der Waals surface area contributed by atoms with Gasteiger partial charge < -0.3 is 10.5 Å². The summed E-state index contributed by atoms with van der Waals surface area (Å²) in [5.74, 6) is 0.457. The third kappa shape index (κ3) is 2.82. The van der Waals surface area contributed by atoms with Gasteiger partial charge in [0.1, 0.15) is 5.69 Å². The summed E-state index contributed by atoms with van der Waals surface area (Å²) in [4.78, 5) is 0. The first-order chi connectivity index (χ1) is 9.40. The van der Waals surface area contributed by atoms with E-state index in [-0.39, 0.29) is 17.6 Å². The van der Waals surface area contributed by atoms with Crippen LogP contribution in [0.2, 0.25) is 0 Å². The van der Waals surface area contributed by atoms with Gasteiger partial charge in [0.05, 0.1) is 5.69 Å². The number of nitrogens with two attached hydrogens (primary N) is 1. The monoisotopic (exact) mass is 277 g/mol. The van der Waals surface area contributed by atoms with Crippen molar-refractivity contribution in [3.8, 4) is 11.5 Å². The van der Waals surface area contributed by atoms with Gasteiger partial charge in [-0.25, -0.2) is 4.39 Å². The minimum atomic E-state index is -0.384. The summed E-state index contributed by atoms with van der Waals surface area (Å²) in [7, 11) is 1.83. The second kappa shape index (κ2) is 5.63. The van der Waals surface area contributed by atoms with Crippen molar-refractivity contribution in [2.75, 3.05) is 0 Å². The number of ether oxygens (including phenoxy) is 1. The van der Waals surface area contributed by atoms with Gasteiger partial charge in [0.15, 0.2) is 17.3 Å². The summed E-state index contributed by atoms with van der Waals surface area (Å²) in [5, 5.41) is 4.27. The number of aryl methyl sites for hydroxylation is 2. The maximum atomic E-state index is 14.1. The summed E-state index contributed by atoms with van der Waals surface area (Å²) in [6, 6.07) is 4.84. The third-order valence-electron chi connectivity index (χ3n) is 3.24. The number of hydrogen-bond donors (Lipinski definition) is 1. The van der Waals surface area contributed by atoms with Crippen LogP contribution >= 0.6 is 0 Å². The van der Waals surface area contributed by atoms with Gasteiger partial charge in [-0.05, 0) is 38.8 Å². The van der Waals surface area contributed by atoms with E-state index in [0.29, 0.717) is 12.2 Å². The summed E-state index contributed by atoms with van der Waals surface area (Å²) in [5.41, 5.74) is 8.17. The fourth-order valence-electron chi connectivity index (χ4n) is 2.18. The zero-order valence-electron chi connectivity index (χ0n) is 12.3. The number of rotatable bonds is 4. The summed E-state index contributed by atoms with van der Waals surface area (Å²) >= 11 is 0. The molecule has 2 aromatic rings. The van der Waals surface area contributed by atoms with E-state index in [4.69, 9.17) is 10.5 Å². The molecule has 0 amide bonds. The van der Waals surface area contributed by atoms with E-state index < -0.39 is 0 Å². The topological polar surface area (TPSA) is 53.1 Å². The van der Waals surface area contributed by atoms with Crippen molar-refractivity contribution in [1.82, 2.24) is 9.78 Å². The first kappa shape index (κ1) is 14.5. The molecule has 1 unspecified atom stereocenters. The van der Waals surface area contributed by atoms with Crippen LogP contribution in [0.4, 0.5) is 4.39 Å². The van der Waals surface area contributed by atoms with E-state index in [1.807, 2.05) is 33.9 Å². The first-order valence-electron chi connectivity index (χ1n) is 6.61. The van der Waals surface area contributed by atoms with Crippen molar-refractivity contribution in [3.63, 3.8) is 0 Å². The van der Waals surface area contributed by atoms with Crippen LogP contribution in [-0.4, -0.2) is 15.8 Å². The van der Waals surface area contributed by atoms with Crippen LogP contribution in [0.3, 0.4) is 0 Å². The molecule has 0 aliphatic carbocycles. The van der Waals surface area contributed by atoms with E-state index in [9.17, 15) is 4.39 Å². The molecule has 2 N–H and O–H groups in total. The van der Waals surface area contributed by atoms with Gasteiger partial charge in [-0.3, -0.25) is 4.68 Å². The number of hydrogen-bond acceptors (Lipinski definition) is 3. The fraction of sp³-hybridized carbons (Fsp3) is 0.400. The molecule has 20 heavy (non-hydrogen) atoms. The average Bonchev–Trinajstić information content (AvgIpc) is 2.59. The Kier molecular flexibility index (Phi) is 4.09. The molecule has 0 fully saturated rings. The van der Waals surface area contributed by atoms with Crippen molar-refractivity contribution in [2.24, 2.45) is 12.8 Å². The molecule has 0 radical (unpaired) electrons. The van der Waals surface area contributed by atoms with E-state index in [1.165, 1.54) is 6.07 Å². The van der Waals surface area contributed by atoms with Gasteiger partial charge in [0.25, 0.3) is 0 Å². The van der Waals surface area contributed by atoms with Crippen LogP contribution in [0.25, 0.3) is 0 Å². The van der Waals surface area contributed by atoms with Gasteiger partial charge in [0.2, 0.25) is 0 Å². The fourth-order valence-corrected chi connectivity index (χ4v) is 2.18. The number of halogens is 1. The lowest BCUT2D eigenvalue weighted by Gasteiger charge is -2.13. The first-order valence-corrected chi connectivity index (χ1v) is 6.61. The average molecular weight is 277 g/mol. The predicted octanol–water partition coefficient (Wildman–Crippen LogP) is 2.86. The largest absolute Gasteiger partial charge is 0.450 e. The van der Waals surface area contributed by atoms with Crippen LogP contribution < -0.4 is 10.5 Å². The molecular formula is C15H20FN3O. The van der Waals surface area contributed by atoms with E-state index in [1.54, 1.807) is 10.7 Å². The van der Waals surface area contributed by atoms with Crippen LogP contribution in [0, 0.1) is 19.7 Å². The van der Waals surface area contributed by atoms with Crippen LogP contribution in [0.5, 0.6) is 11.5 Å². The molecular weight excluding hydrogens is 257 g/mol. The van der Waals surface area contributed by atoms with Gasteiger partial charge in [0, 0.05) is 13.1 Å². The Labute approximate surface area is 118 Å². The van der Waals surface area contributed by atoms with Gasteiger partial charge in [-0.2, -0.15) is 5.10 Å². The molecule has 0 saturated heterocycles. The van der Waals surface area contributed by atoms with Crippen molar-refractivity contribution in [3.05, 3.63) is 41.0 Å². The zero-order valence-corrected chi connectivity index (χ0v) is 12.3. The van der Waals surface area contributed by atoms with E-state index >= 15 is 0 Å². The number of para-hydroxylation sites is 1. The molecule has 5 heteroatoms. The molecule has 0 bridgehead atoms. The molecule has 0 spiro atoms. The van der Waals surface area contributed by atoms with Gasteiger partial charge >= 0.3 is 0 Å². The van der Waals surface area contributed by atoms with Crippen LogP contribution in [0.1, 0.15) is 23.9 Å². The van der Waals surface area contributed by atoms with Gasteiger partial charge in [-0.1, -0.05) is 12.1 Å². The molecule has 1 heterocycles. The van der Waals surface area contributed by atoms with Crippen LogP contribution in [0.15, 0.2) is 18.2 Å². The van der Waals surface area contributed by atoms with Crippen molar-refractivity contribution in [2.45, 2.75) is 33.2 Å². The maximum absolute atomic E-state index is 14.1. The highest BCUT2D eigenvalue weighted by Gasteiger charge is 2.17. The minimum absolute atomic E-state index is 0.0600. The molecule has 0 saturated carbocycles. The molecule has 4 nitrogen and oxygen atoms in total. The Hall–Kier alpha value is -1.88. The van der Waals surface area contributed by atoms with Gasteiger partial charge in [-0.15, -0.1) is 0 Å². The second-order valence-electron chi connectivity index (χ2n) is 5.14. The van der Waals surface area contributed by atoms with Crippen molar-refractivity contribution < 1.29 is 9.13 Å². The van der Waals surface area contributed by atoms with Crippen LogP contribution in [-0.2, 0) is 13.5 Å². The zero-order chi connectivity index (χ0) is 14.9. The summed E-state index contributed by atoms with van der Waals surface area (Å²) in [6.07, 6.45) is 0.561. The predicted molar refractivity (Wildman–Crippen MR) is 76.5 cm³/mol. The lowest BCUT2D eigenvalue weighted by atomic mass is 10.1. The lowest BCUT2D eigenvalue weighted by molar-refractivity contribution is 0.428. The van der Waals surface area contributed by atoms with E-state index in [0.717, 1.165) is 17.0 Å². The minimum Gasteiger partial charge on any atom is -0.450 e. The smallest absolute Gasteiger partial charge is 0.171 e. The second-order valence-corrected chi connectivity index (χ2v) is 5.14. The highest BCUT2D eigenvalue weighted by Crippen LogP contribution is 2.32. The molecule has 2 rings (SSSR count). The normalized spacial score (nSPS) is 12.5. The number of benzene rings is 1. The molecule has 0 aliphatic rings. The Morgan fingerprint density at radius 2 is 2.05 bits per heavy atom. The molecule has 108 valence electrons. The highest BCUT2D eigenvalue weighted by molar-refractivity contribution is 5.42. The SMILES string of the molecule is Cc1nn(C)c(C)c1Oc1c(F)cccc1CC(C)N. The lowest BCUT2D eigenvalue weighted by Crippen LogP contribution is -2.18. The Morgan fingerprint density at radius 3 is 2.60 bits per heavy atom. The highest BCUT2D eigenvalue weighted by atomic mass is 19.1. The van der Waals surface area contributed by atoms with E-state index in [2.05, 4.69) is 5.10 Å². The summed E-state index contributed by atoms with van der Waals surface area (Å²) in [6.45, 7) is 5.62. The van der Waals surface area contributed by atoms with Crippen molar-refractivity contribution >= 4 is 0 Å². The standard InChI is InChI=1S/C15H20FN3O/c1-9(17)8-12-6-5-7-13(16)15(12)20-14-10(2)18-19(4)11(14)3/h5-7,9H,8,17H2,1-4H3. The summed E-state index contributed by atoms with van der Waals surface area (Å²) < 4.78 is 21.6. The molecule has 1 aromatic carbocycles. The molecule has 1 aromatic heterocycles. The number of nitrogens with zero attached hydrogens (tertiary/aromatic N) is 2. The third-order valence-corrected chi connectivity index (χ3v) is 3.24. The Balaban J connectivity index is 2.42. The molecule has 0 aliphatic heterocycles. The quantitative estimate of drug-likeness (QED) is 0.935. The Bertz CT molecular complexity index is 620. The number of aromatic nitrogens is 2.